The first kappa shape index (κ1) is 12.5. The highest BCUT2D eigenvalue weighted by molar-refractivity contribution is 5.85. The smallest absolute Gasteiger partial charge is 0.0721 e. The van der Waals surface area contributed by atoms with E-state index in [9.17, 15) is 0 Å². The molecule has 0 aromatic heterocycles. The molecule has 1 aromatic rings. The van der Waals surface area contributed by atoms with Crippen LogP contribution in [0.1, 0.15) is 28.3 Å². The molecule has 1 unspecified atom stereocenters. The van der Waals surface area contributed by atoms with E-state index in [1.165, 1.54) is 22.3 Å². The van der Waals surface area contributed by atoms with Crippen molar-refractivity contribution < 1.29 is 4.74 Å². The lowest BCUT2D eigenvalue weighted by Crippen LogP contribution is -2.28. The Kier molecular flexibility index (Phi) is 4.14. The molecule has 2 nitrogen and oxygen atoms in total. The van der Waals surface area contributed by atoms with Crippen LogP contribution in [0, 0.1) is 13.8 Å². The number of rotatable bonds is 1. The number of ether oxygens (including phenoxy) is 1. The predicted octanol–water partition coefficient (Wildman–Crippen LogP) is 2.52. The standard InChI is InChI=1S/C12H17NO.ClH/c1-8-4-5-10-6-14-7-11(13-3)12(10)9(8)2;/h4-5,11,13H,6-7H2,1-3H3;1H. The summed E-state index contributed by atoms with van der Waals surface area (Å²) in [5.41, 5.74) is 5.55. The number of hydrogen-bond donors (Lipinski definition) is 1. The van der Waals surface area contributed by atoms with Crippen LogP contribution in [0.5, 0.6) is 0 Å². The Hall–Kier alpha value is -0.570. The second kappa shape index (κ2) is 4.97. The van der Waals surface area contributed by atoms with Crippen molar-refractivity contribution in [3.63, 3.8) is 0 Å². The Bertz CT molecular complexity index is 352. The number of hydrogen-bond acceptors (Lipinski definition) is 2. The lowest BCUT2D eigenvalue weighted by molar-refractivity contribution is 0.0841. The van der Waals surface area contributed by atoms with Crippen LogP contribution in [0.3, 0.4) is 0 Å². The normalized spacial score (nSPS) is 19.3. The van der Waals surface area contributed by atoms with Crippen LogP contribution in [0.25, 0.3) is 0 Å². The minimum atomic E-state index is 0. The number of halogens is 1. The van der Waals surface area contributed by atoms with Gasteiger partial charge in [0.1, 0.15) is 0 Å². The van der Waals surface area contributed by atoms with Crippen LogP contribution in [0.15, 0.2) is 12.1 Å². The van der Waals surface area contributed by atoms with Gasteiger partial charge >= 0.3 is 0 Å². The summed E-state index contributed by atoms with van der Waals surface area (Å²) in [6, 6.07) is 4.72. The summed E-state index contributed by atoms with van der Waals surface area (Å²) in [5, 5.41) is 3.30. The number of nitrogens with one attached hydrogen (secondary N) is 1. The van der Waals surface area contributed by atoms with Gasteiger partial charge in [0.15, 0.2) is 0 Å². The Morgan fingerprint density at radius 1 is 1.33 bits per heavy atom. The molecule has 0 fully saturated rings. The summed E-state index contributed by atoms with van der Waals surface area (Å²) < 4.78 is 5.53. The van der Waals surface area contributed by atoms with Crippen molar-refractivity contribution >= 4 is 12.4 Å². The van der Waals surface area contributed by atoms with Gasteiger partial charge in [0.25, 0.3) is 0 Å². The highest BCUT2D eigenvalue weighted by Crippen LogP contribution is 2.29. The Morgan fingerprint density at radius 3 is 2.73 bits per heavy atom. The minimum absolute atomic E-state index is 0. The number of likely N-dealkylation sites (N-methyl/N-ethyl adjacent to an activating group) is 1. The molecular formula is C12H18ClNO. The van der Waals surface area contributed by atoms with Crippen LogP contribution in [-0.2, 0) is 11.3 Å². The maximum absolute atomic E-state index is 5.53. The van der Waals surface area contributed by atoms with E-state index in [1.54, 1.807) is 0 Å². The molecule has 1 aromatic carbocycles. The van der Waals surface area contributed by atoms with Crippen molar-refractivity contribution in [3.8, 4) is 0 Å². The van der Waals surface area contributed by atoms with E-state index >= 15 is 0 Å². The lowest BCUT2D eigenvalue weighted by atomic mass is 9.91. The largest absolute Gasteiger partial charge is 0.375 e. The zero-order valence-electron chi connectivity index (χ0n) is 9.46. The molecule has 0 amide bonds. The Morgan fingerprint density at radius 2 is 2.07 bits per heavy atom. The van der Waals surface area contributed by atoms with E-state index in [2.05, 4.69) is 31.3 Å². The average Bonchev–Trinajstić information content (AvgIpc) is 2.23. The SMILES string of the molecule is CNC1COCc2ccc(C)c(C)c21.Cl. The van der Waals surface area contributed by atoms with Gasteiger partial charge in [-0.25, -0.2) is 0 Å². The Labute approximate surface area is 97.4 Å². The molecule has 2 rings (SSSR count). The molecular weight excluding hydrogens is 210 g/mol. The summed E-state index contributed by atoms with van der Waals surface area (Å²) in [6.45, 7) is 5.91. The molecule has 1 aliphatic rings. The Balaban J connectivity index is 0.00000112. The van der Waals surface area contributed by atoms with Crippen LogP contribution < -0.4 is 5.32 Å². The van der Waals surface area contributed by atoms with E-state index in [1.807, 2.05) is 7.05 Å². The maximum atomic E-state index is 5.53. The third kappa shape index (κ3) is 2.17. The summed E-state index contributed by atoms with van der Waals surface area (Å²) in [6.07, 6.45) is 0. The summed E-state index contributed by atoms with van der Waals surface area (Å²) in [7, 11) is 1.99. The third-order valence-electron chi connectivity index (χ3n) is 3.11. The molecule has 84 valence electrons. The van der Waals surface area contributed by atoms with Gasteiger partial charge in [0, 0.05) is 0 Å². The monoisotopic (exact) mass is 227 g/mol. The zero-order valence-corrected chi connectivity index (χ0v) is 10.3. The molecule has 1 heterocycles. The predicted molar refractivity (Wildman–Crippen MR) is 64.6 cm³/mol. The molecule has 0 aliphatic carbocycles. The number of benzene rings is 1. The highest BCUT2D eigenvalue weighted by atomic mass is 35.5. The van der Waals surface area contributed by atoms with E-state index in [4.69, 9.17) is 4.74 Å². The molecule has 0 bridgehead atoms. The van der Waals surface area contributed by atoms with Crippen LogP contribution >= 0.6 is 12.4 Å². The first-order valence-corrected chi connectivity index (χ1v) is 5.08. The zero-order chi connectivity index (χ0) is 10.1. The van der Waals surface area contributed by atoms with Crippen molar-refractivity contribution in [2.75, 3.05) is 13.7 Å². The second-order valence-electron chi connectivity index (χ2n) is 3.94. The second-order valence-corrected chi connectivity index (χ2v) is 3.94. The van der Waals surface area contributed by atoms with E-state index in [0.29, 0.717) is 6.04 Å². The fourth-order valence-corrected chi connectivity index (χ4v) is 2.10. The topological polar surface area (TPSA) is 21.3 Å². The number of aryl methyl sites for hydroxylation is 1. The quantitative estimate of drug-likeness (QED) is 0.796. The molecule has 1 atom stereocenters. The van der Waals surface area contributed by atoms with Gasteiger partial charge in [0.2, 0.25) is 0 Å². The molecule has 3 heteroatoms. The van der Waals surface area contributed by atoms with Crippen molar-refractivity contribution in [2.24, 2.45) is 0 Å². The first-order valence-electron chi connectivity index (χ1n) is 5.08. The minimum Gasteiger partial charge on any atom is -0.375 e. The summed E-state index contributed by atoms with van der Waals surface area (Å²) >= 11 is 0. The van der Waals surface area contributed by atoms with Crippen LogP contribution in [-0.4, -0.2) is 13.7 Å². The summed E-state index contributed by atoms with van der Waals surface area (Å²) in [4.78, 5) is 0. The fourth-order valence-electron chi connectivity index (χ4n) is 2.10. The van der Waals surface area contributed by atoms with Gasteiger partial charge in [-0.15, -0.1) is 12.4 Å². The van der Waals surface area contributed by atoms with Crippen LogP contribution in [0.4, 0.5) is 0 Å². The van der Waals surface area contributed by atoms with Gasteiger partial charge in [-0.3, -0.25) is 0 Å². The molecule has 1 N–H and O–H groups in total. The lowest BCUT2D eigenvalue weighted by Gasteiger charge is -2.28. The van der Waals surface area contributed by atoms with Crippen molar-refractivity contribution in [3.05, 3.63) is 34.4 Å². The first-order chi connectivity index (χ1) is 6.74. The molecule has 0 saturated heterocycles. The highest BCUT2D eigenvalue weighted by Gasteiger charge is 2.21. The van der Waals surface area contributed by atoms with Crippen LogP contribution in [0.2, 0.25) is 0 Å². The van der Waals surface area contributed by atoms with E-state index in [0.717, 1.165) is 13.2 Å². The van der Waals surface area contributed by atoms with Gasteiger partial charge in [-0.1, -0.05) is 12.1 Å². The van der Waals surface area contributed by atoms with Crippen molar-refractivity contribution in [2.45, 2.75) is 26.5 Å². The average molecular weight is 228 g/mol. The maximum Gasteiger partial charge on any atom is 0.0721 e. The van der Waals surface area contributed by atoms with Gasteiger partial charge in [-0.05, 0) is 43.1 Å². The number of fused-ring (bicyclic) bond motifs is 1. The molecule has 15 heavy (non-hydrogen) atoms. The van der Waals surface area contributed by atoms with E-state index in [-0.39, 0.29) is 12.4 Å². The van der Waals surface area contributed by atoms with Crippen molar-refractivity contribution in [1.82, 2.24) is 5.32 Å². The van der Waals surface area contributed by atoms with E-state index < -0.39 is 0 Å². The summed E-state index contributed by atoms with van der Waals surface area (Å²) in [5.74, 6) is 0. The molecule has 0 saturated carbocycles. The third-order valence-corrected chi connectivity index (χ3v) is 3.11. The van der Waals surface area contributed by atoms with Gasteiger partial charge in [-0.2, -0.15) is 0 Å². The molecule has 0 radical (unpaired) electrons. The molecule has 1 aliphatic heterocycles. The fraction of sp³-hybridized carbons (Fsp3) is 0.500. The van der Waals surface area contributed by atoms with Gasteiger partial charge < -0.3 is 10.1 Å². The van der Waals surface area contributed by atoms with Crippen molar-refractivity contribution in [1.29, 1.82) is 0 Å². The molecule has 0 spiro atoms. The van der Waals surface area contributed by atoms with Gasteiger partial charge in [0.05, 0.1) is 19.3 Å².